The number of para-hydroxylation sites is 2. The van der Waals surface area contributed by atoms with Gasteiger partial charge in [-0.15, -0.1) is 11.3 Å². The Morgan fingerprint density at radius 1 is 0.741 bits per heavy atom. The number of benzene rings is 4. The van der Waals surface area contributed by atoms with Crippen molar-refractivity contribution in [3.8, 4) is 11.1 Å². The summed E-state index contributed by atoms with van der Waals surface area (Å²) in [5.41, 5.74) is 11.0. The third kappa shape index (κ3) is 5.06. The summed E-state index contributed by atoms with van der Waals surface area (Å²) in [5.74, 6) is 0.762. The van der Waals surface area contributed by atoms with E-state index in [9.17, 15) is 0 Å². The van der Waals surface area contributed by atoms with Gasteiger partial charge in [-0.1, -0.05) is 141 Å². The number of aryl methyl sites for hydroxylation is 1. The second-order valence-corrected chi connectivity index (χ2v) is 16.1. The number of allylic oxidation sites excluding steroid dienone is 5. The van der Waals surface area contributed by atoms with Crippen LogP contribution in [0.4, 0.5) is 5.69 Å². The Morgan fingerprint density at radius 3 is 2.30 bits per heavy atom. The van der Waals surface area contributed by atoms with E-state index in [0.29, 0.717) is 5.92 Å². The van der Waals surface area contributed by atoms with Crippen LogP contribution in [0.3, 0.4) is 0 Å². The molecule has 0 saturated heterocycles. The molecule has 262 valence electrons. The predicted octanol–water partition coefficient (Wildman–Crippen LogP) is 11.8. The highest BCUT2D eigenvalue weighted by atomic mass is 32.1. The van der Waals surface area contributed by atoms with Crippen LogP contribution in [0.5, 0.6) is 0 Å². The summed E-state index contributed by atoms with van der Waals surface area (Å²) in [7, 11) is 0. The molecule has 1 aliphatic heterocycles. The molecule has 4 aromatic carbocycles. The second-order valence-electron chi connectivity index (χ2n) is 15.0. The molecule has 0 saturated carbocycles. The second kappa shape index (κ2) is 12.9. The Balaban J connectivity index is 1.11. The normalized spacial score (nSPS) is 20.5. The van der Waals surface area contributed by atoms with Gasteiger partial charge in [0.1, 0.15) is 0 Å². The summed E-state index contributed by atoms with van der Waals surface area (Å²) < 4.78 is 5.14. The van der Waals surface area contributed by atoms with Crippen molar-refractivity contribution in [3.63, 3.8) is 0 Å². The molecule has 2 bridgehead atoms. The minimum absolute atomic E-state index is 0.175. The summed E-state index contributed by atoms with van der Waals surface area (Å²) in [6, 6.07) is 42.7. The monoisotopic (exact) mass is 714 g/mol. The average Bonchev–Trinajstić information content (AvgIpc) is 3.83. The molecule has 0 spiro atoms. The minimum atomic E-state index is 0.175. The van der Waals surface area contributed by atoms with E-state index in [-0.39, 0.29) is 17.9 Å². The largest absolute Gasteiger partial charge is 0.333 e. The van der Waals surface area contributed by atoms with E-state index in [0.717, 1.165) is 0 Å². The fraction of sp³-hybridized carbons (Fsp3) is 0.137. The first-order valence-corrected chi connectivity index (χ1v) is 19.9. The van der Waals surface area contributed by atoms with Gasteiger partial charge in [0.2, 0.25) is 0 Å². The predicted molar refractivity (Wildman–Crippen MR) is 233 cm³/mol. The maximum atomic E-state index is 4.94. The van der Waals surface area contributed by atoms with Crippen LogP contribution in [0.15, 0.2) is 175 Å². The lowest BCUT2D eigenvalue weighted by Gasteiger charge is -2.34. The zero-order valence-corrected chi connectivity index (χ0v) is 31.7. The van der Waals surface area contributed by atoms with Gasteiger partial charge in [-0.25, -0.2) is 0 Å². The summed E-state index contributed by atoms with van der Waals surface area (Å²) >= 11 is 1.90. The summed E-state index contributed by atoms with van der Waals surface area (Å²) in [6.07, 6.45) is 18.6. The van der Waals surface area contributed by atoms with Gasteiger partial charge in [0.15, 0.2) is 0 Å². The molecule has 0 fully saturated rings. The number of aromatic nitrogens is 1. The molecule has 3 heteroatoms. The van der Waals surface area contributed by atoms with Crippen molar-refractivity contribution in [2.45, 2.75) is 26.8 Å². The number of rotatable bonds is 5. The van der Waals surface area contributed by atoms with Crippen molar-refractivity contribution in [1.29, 1.82) is 0 Å². The van der Waals surface area contributed by atoms with Crippen molar-refractivity contribution in [1.82, 2.24) is 4.40 Å². The van der Waals surface area contributed by atoms with Crippen molar-refractivity contribution < 1.29 is 0 Å². The van der Waals surface area contributed by atoms with E-state index >= 15 is 0 Å². The number of nitrogens with zero attached hydrogens (tertiary/aromatic N) is 2. The van der Waals surface area contributed by atoms with Crippen LogP contribution in [0.25, 0.3) is 60.6 Å². The van der Waals surface area contributed by atoms with Gasteiger partial charge in [0.05, 0.1) is 17.1 Å². The molecule has 0 radical (unpaired) electrons. The van der Waals surface area contributed by atoms with Gasteiger partial charge < -0.3 is 9.30 Å². The topological polar surface area (TPSA) is 7.65 Å². The molecule has 54 heavy (non-hydrogen) atoms. The fourth-order valence-electron chi connectivity index (χ4n) is 9.31. The molecule has 10 rings (SSSR count). The van der Waals surface area contributed by atoms with Crippen LogP contribution in [0.2, 0.25) is 0 Å². The molecular weight excluding hydrogens is 673 g/mol. The summed E-state index contributed by atoms with van der Waals surface area (Å²) in [4.78, 5) is 2.56. The lowest BCUT2D eigenvalue weighted by Crippen LogP contribution is -2.35. The Bertz CT molecular complexity index is 2960. The van der Waals surface area contributed by atoms with E-state index in [4.69, 9.17) is 6.58 Å². The SMILES string of the molecule is C=C(C1=C(/C=C\C)C2C=CC=CC2N1c1ccc(-c2ccc3ccccc3n3c(C)c(c2)c2ccccc23)cc1)C1C=c2c(sc3ccccc23)=CC1C. The molecule has 2 nitrogen and oxygen atoms in total. The molecule has 2 aliphatic carbocycles. The van der Waals surface area contributed by atoms with Crippen molar-refractivity contribution in [3.05, 3.63) is 191 Å². The third-order valence-electron chi connectivity index (χ3n) is 11.9. The highest BCUT2D eigenvalue weighted by Crippen LogP contribution is 2.47. The van der Waals surface area contributed by atoms with Crippen molar-refractivity contribution in [2.75, 3.05) is 4.90 Å². The number of hydrogen-bond acceptors (Lipinski definition) is 2. The first kappa shape index (κ1) is 32.7. The highest BCUT2D eigenvalue weighted by Gasteiger charge is 2.41. The molecule has 0 amide bonds. The third-order valence-corrected chi connectivity index (χ3v) is 13.0. The first-order chi connectivity index (χ1) is 26.5. The molecule has 4 unspecified atom stereocenters. The lowest BCUT2D eigenvalue weighted by atomic mass is 9.81. The van der Waals surface area contributed by atoms with E-state index in [2.05, 4.69) is 194 Å². The molecule has 0 N–H and O–H groups in total. The van der Waals surface area contributed by atoms with E-state index in [1.807, 2.05) is 11.3 Å². The Hall–Kier alpha value is -5.90. The minimum Gasteiger partial charge on any atom is -0.333 e. The average molecular weight is 715 g/mol. The van der Waals surface area contributed by atoms with Gasteiger partial charge in [-0.2, -0.15) is 0 Å². The van der Waals surface area contributed by atoms with Crippen molar-refractivity contribution >= 4 is 66.5 Å². The molecule has 3 aromatic heterocycles. The zero-order chi connectivity index (χ0) is 36.5. The Kier molecular flexibility index (Phi) is 7.82. The standard InChI is InChI=1S/C51H42N2S/c1-5-14-42-39-16-7-12-21-48(39)53(51(42)33(3)43-31-45-41-18-9-13-22-49(41)54-50(45)29-32(43)2)38-27-25-35(26-28-38)37-24-23-36-15-6-10-19-46(36)52-34(4)44(30-37)40-17-8-11-20-47(40)52/h5-32,39,43,48H,3H2,1-2,4H3/b14-5-,24-23?,37-30?. The van der Waals surface area contributed by atoms with Gasteiger partial charge >= 0.3 is 0 Å². The Labute approximate surface area is 320 Å². The summed E-state index contributed by atoms with van der Waals surface area (Å²) in [5, 5.41) is 6.44. The maximum Gasteiger partial charge on any atom is 0.0629 e. The van der Waals surface area contributed by atoms with Gasteiger partial charge in [-0.3, -0.25) is 0 Å². The summed E-state index contributed by atoms with van der Waals surface area (Å²) in [6.45, 7) is 11.7. The van der Waals surface area contributed by atoms with Gasteiger partial charge in [0.25, 0.3) is 0 Å². The van der Waals surface area contributed by atoms with Crippen LogP contribution in [-0.4, -0.2) is 10.4 Å². The van der Waals surface area contributed by atoms with Gasteiger partial charge in [-0.05, 0) is 94.4 Å². The lowest BCUT2D eigenvalue weighted by molar-refractivity contribution is 0.632. The molecule has 7 aromatic rings. The van der Waals surface area contributed by atoms with Crippen LogP contribution >= 0.6 is 11.3 Å². The zero-order valence-electron chi connectivity index (χ0n) is 30.9. The Morgan fingerprint density at radius 2 is 1.46 bits per heavy atom. The molecule has 3 aliphatic rings. The number of thiophene rings is 1. The number of fused-ring (bicyclic) bond motifs is 11. The van der Waals surface area contributed by atoms with Gasteiger partial charge in [0, 0.05) is 48.9 Å². The van der Waals surface area contributed by atoms with E-state index < -0.39 is 0 Å². The highest BCUT2D eigenvalue weighted by molar-refractivity contribution is 7.17. The maximum absolute atomic E-state index is 4.94. The van der Waals surface area contributed by atoms with Crippen LogP contribution in [0, 0.1) is 24.7 Å². The molecule has 4 heterocycles. The fourth-order valence-corrected chi connectivity index (χ4v) is 10.6. The molecule has 4 atom stereocenters. The van der Waals surface area contributed by atoms with Crippen molar-refractivity contribution in [2.24, 2.45) is 17.8 Å². The smallest absolute Gasteiger partial charge is 0.0629 e. The number of anilines is 1. The van der Waals surface area contributed by atoms with Crippen LogP contribution in [0.1, 0.15) is 19.5 Å². The first-order valence-electron chi connectivity index (χ1n) is 19.1. The van der Waals surface area contributed by atoms with Crippen LogP contribution in [-0.2, 0) is 0 Å². The molecular formula is C51H42N2S. The quantitative estimate of drug-likeness (QED) is 0.172. The van der Waals surface area contributed by atoms with E-state index in [1.165, 1.54) is 86.4 Å². The van der Waals surface area contributed by atoms with E-state index in [1.54, 1.807) is 0 Å². The number of hydrogen-bond donors (Lipinski definition) is 0. The van der Waals surface area contributed by atoms with Crippen LogP contribution < -0.4 is 14.7 Å².